The van der Waals surface area contributed by atoms with Gasteiger partial charge in [-0.15, -0.1) is 0 Å². The van der Waals surface area contributed by atoms with E-state index in [0.29, 0.717) is 5.56 Å². The van der Waals surface area contributed by atoms with Crippen molar-refractivity contribution in [1.29, 1.82) is 0 Å². The predicted molar refractivity (Wildman–Crippen MR) is 69.7 cm³/mol. The third-order valence-corrected chi connectivity index (χ3v) is 3.00. The molecule has 0 aromatic carbocycles. The van der Waals surface area contributed by atoms with Crippen molar-refractivity contribution in [1.82, 2.24) is 4.98 Å². The lowest BCUT2D eigenvalue weighted by atomic mass is 9.95. The van der Waals surface area contributed by atoms with Crippen molar-refractivity contribution in [2.75, 3.05) is 5.73 Å². The molecule has 0 aliphatic rings. The predicted octanol–water partition coefficient (Wildman–Crippen LogP) is 3.29. The summed E-state index contributed by atoms with van der Waals surface area (Å²) in [6.45, 7) is 3.83. The molecular formula is C14H15F3N3+. The number of nitrogens with one attached hydrogen (secondary N) is 1. The Labute approximate surface area is 114 Å². The van der Waals surface area contributed by atoms with E-state index in [4.69, 9.17) is 5.73 Å². The summed E-state index contributed by atoms with van der Waals surface area (Å²) in [7, 11) is 0. The van der Waals surface area contributed by atoms with Gasteiger partial charge in [0.2, 0.25) is 0 Å². The first kappa shape index (κ1) is 14.3. The van der Waals surface area contributed by atoms with Gasteiger partial charge in [0.1, 0.15) is 5.82 Å². The average molecular weight is 282 g/mol. The minimum Gasteiger partial charge on any atom is -0.384 e. The molecule has 0 unspecified atom stereocenters. The van der Waals surface area contributed by atoms with Crippen LogP contribution in [0.4, 0.5) is 19.0 Å². The number of hydrogen-bond acceptors (Lipinski definition) is 2. The first-order valence-corrected chi connectivity index (χ1v) is 6.14. The number of pyridine rings is 2. The van der Waals surface area contributed by atoms with Crippen LogP contribution in [0.5, 0.6) is 0 Å². The Bertz CT molecular complexity index is 621. The van der Waals surface area contributed by atoms with Crippen molar-refractivity contribution in [3.8, 4) is 11.3 Å². The van der Waals surface area contributed by atoms with E-state index >= 15 is 0 Å². The summed E-state index contributed by atoms with van der Waals surface area (Å²) in [6.07, 6.45) is -1.27. The normalized spacial score (nSPS) is 11.9. The number of H-pyrrole nitrogens is 1. The molecule has 0 aliphatic carbocycles. The number of hydrogen-bond donors (Lipinski definition) is 1. The summed E-state index contributed by atoms with van der Waals surface area (Å²) >= 11 is 0. The highest BCUT2D eigenvalue weighted by atomic mass is 19.4. The standard InChI is InChI=1S/C14H14F3N3/c1-8(2)9-5-6-19-7-10(9)13-11(14(15,16)17)3-4-12(18)20-13/h3-8H,1-2H3,(H2,18,20)/p+1. The van der Waals surface area contributed by atoms with Crippen LogP contribution in [0.2, 0.25) is 0 Å². The van der Waals surface area contributed by atoms with E-state index in [1.807, 2.05) is 13.8 Å². The van der Waals surface area contributed by atoms with Crippen LogP contribution < -0.4 is 10.7 Å². The first-order valence-electron chi connectivity index (χ1n) is 6.14. The summed E-state index contributed by atoms with van der Waals surface area (Å²) in [5.41, 5.74) is 5.82. The fourth-order valence-corrected chi connectivity index (χ4v) is 2.06. The van der Waals surface area contributed by atoms with E-state index in [0.717, 1.165) is 17.7 Å². The topological polar surface area (TPSA) is 53.0 Å². The van der Waals surface area contributed by atoms with Crippen molar-refractivity contribution in [3.63, 3.8) is 0 Å². The summed E-state index contributed by atoms with van der Waals surface area (Å²) < 4.78 is 39.3. The number of nitrogens with zero attached hydrogens (tertiary/aromatic N) is 1. The third-order valence-electron chi connectivity index (χ3n) is 3.00. The van der Waals surface area contributed by atoms with Crippen LogP contribution in [-0.2, 0) is 6.18 Å². The quantitative estimate of drug-likeness (QED) is 0.919. The second-order valence-electron chi connectivity index (χ2n) is 4.80. The lowest BCUT2D eigenvalue weighted by Gasteiger charge is -2.15. The molecule has 2 rings (SSSR count). The lowest BCUT2D eigenvalue weighted by molar-refractivity contribution is -0.377. The molecule has 106 valence electrons. The molecule has 0 atom stereocenters. The van der Waals surface area contributed by atoms with Gasteiger partial charge in [0.15, 0.2) is 12.4 Å². The molecule has 0 saturated carbocycles. The highest BCUT2D eigenvalue weighted by Crippen LogP contribution is 2.38. The molecule has 3 N–H and O–H groups in total. The Morgan fingerprint density at radius 2 is 1.90 bits per heavy atom. The molecule has 0 radical (unpaired) electrons. The molecule has 2 aromatic heterocycles. The maximum absolute atomic E-state index is 13.1. The van der Waals surface area contributed by atoms with Gasteiger partial charge < -0.3 is 5.73 Å². The molecule has 0 spiro atoms. The van der Waals surface area contributed by atoms with E-state index in [1.165, 1.54) is 6.20 Å². The van der Waals surface area contributed by atoms with Gasteiger partial charge in [-0.1, -0.05) is 13.8 Å². The Morgan fingerprint density at radius 3 is 2.50 bits per heavy atom. The lowest BCUT2D eigenvalue weighted by Crippen LogP contribution is -2.12. The summed E-state index contributed by atoms with van der Waals surface area (Å²) in [5.74, 6) is 0.135. The monoisotopic (exact) mass is 282 g/mol. The van der Waals surface area contributed by atoms with E-state index in [1.54, 1.807) is 12.3 Å². The zero-order valence-corrected chi connectivity index (χ0v) is 11.1. The maximum Gasteiger partial charge on any atom is 0.418 e. The van der Waals surface area contributed by atoms with Gasteiger partial charge in [0.05, 0.1) is 16.8 Å². The number of alkyl halides is 3. The zero-order valence-electron chi connectivity index (χ0n) is 11.1. The van der Waals surface area contributed by atoms with E-state index in [2.05, 4.69) is 9.97 Å². The first-order chi connectivity index (χ1) is 9.30. The van der Waals surface area contributed by atoms with Crippen LogP contribution in [0, 0.1) is 0 Å². The number of anilines is 1. The maximum atomic E-state index is 13.1. The van der Waals surface area contributed by atoms with Crippen LogP contribution in [0.3, 0.4) is 0 Å². The largest absolute Gasteiger partial charge is 0.418 e. The Hall–Kier alpha value is -2.11. The number of nitrogen functional groups attached to an aromatic ring is 1. The van der Waals surface area contributed by atoms with Crippen LogP contribution >= 0.6 is 0 Å². The summed E-state index contributed by atoms with van der Waals surface area (Å²) in [4.78, 5) is 6.70. The zero-order chi connectivity index (χ0) is 14.9. The van der Waals surface area contributed by atoms with Gasteiger partial charge in [0.25, 0.3) is 0 Å². The van der Waals surface area contributed by atoms with E-state index in [9.17, 15) is 13.2 Å². The average Bonchev–Trinajstić information content (AvgIpc) is 2.37. The van der Waals surface area contributed by atoms with Crippen LogP contribution in [-0.4, -0.2) is 4.98 Å². The van der Waals surface area contributed by atoms with Crippen molar-refractivity contribution in [3.05, 3.63) is 41.7 Å². The van der Waals surface area contributed by atoms with Crippen molar-refractivity contribution in [2.24, 2.45) is 0 Å². The summed E-state index contributed by atoms with van der Waals surface area (Å²) in [5, 5.41) is 0. The fourth-order valence-electron chi connectivity index (χ4n) is 2.06. The number of nitrogens with two attached hydrogens (primary N) is 1. The minimum atomic E-state index is -4.47. The highest BCUT2D eigenvalue weighted by Gasteiger charge is 2.35. The molecule has 2 heterocycles. The molecule has 0 bridgehead atoms. The van der Waals surface area contributed by atoms with Crippen molar-refractivity contribution >= 4 is 5.82 Å². The Morgan fingerprint density at radius 1 is 1.20 bits per heavy atom. The van der Waals surface area contributed by atoms with Gasteiger partial charge in [-0.25, -0.2) is 9.97 Å². The molecule has 0 saturated heterocycles. The van der Waals surface area contributed by atoms with Gasteiger partial charge in [0, 0.05) is 6.07 Å². The van der Waals surface area contributed by atoms with Crippen molar-refractivity contribution < 1.29 is 18.2 Å². The smallest absolute Gasteiger partial charge is 0.384 e. The Kier molecular flexibility index (Phi) is 3.65. The molecule has 0 fully saturated rings. The molecule has 2 aromatic rings. The van der Waals surface area contributed by atoms with Crippen LogP contribution in [0.15, 0.2) is 30.6 Å². The Balaban J connectivity index is 2.72. The van der Waals surface area contributed by atoms with Crippen LogP contribution in [0.25, 0.3) is 11.3 Å². The molecular weight excluding hydrogens is 267 g/mol. The minimum absolute atomic E-state index is 0.0616. The van der Waals surface area contributed by atoms with Gasteiger partial charge >= 0.3 is 6.18 Å². The number of rotatable bonds is 2. The third kappa shape index (κ3) is 2.74. The number of halogens is 3. The number of aromatic nitrogens is 2. The SMILES string of the molecule is CC(C)c1cc[nH+]cc1-c1nc(N)ccc1C(F)(F)F. The van der Waals surface area contributed by atoms with Crippen molar-refractivity contribution in [2.45, 2.75) is 25.9 Å². The van der Waals surface area contributed by atoms with Gasteiger partial charge in [-0.2, -0.15) is 13.2 Å². The highest BCUT2D eigenvalue weighted by molar-refractivity contribution is 5.68. The van der Waals surface area contributed by atoms with Crippen LogP contribution in [0.1, 0.15) is 30.9 Å². The summed E-state index contributed by atoms with van der Waals surface area (Å²) in [6, 6.07) is 3.88. The second kappa shape index (κ2) is 5.11. The fraction of sp³-hybridized carbons (Fsp3) is 0.286. The van der Waals surface area contributed by atoms with Gasteiger partial charge in [-0.3, -0.25) is 0 Å². The molecule has 6 heteroatoms. The molecule has 20 heavy (non-hydrogen) atoms. The second-order valence-corrected chi connectivity index (χ2v) is 4.80. The molecule has 0 amide bonds. The molecule has 3 nitrogen and oxygen atoms in total. The van der Waals surface area contributed by atoms with E-state index in [-0.39, 0.29) is 17.4 Å². The number of aromatic amines is 1. The van der Waals surface area contributed by atoms with E-state index < -0.39 is 11.7 Å². The molecule has 0 aliphatic heterocycles. The van der Waals surface area contributed by atoms with Gasteiger partial charge in [-0.05, 0) is 23.6 Å².